The zero-order valence-electron chi connectivity index (χ0n) is 10.0. The standard InChI is InChI=1S/C13H19NO3/c1-2-8-13(9-15,10-16)14-12(17)11-6-4-3-5-7-11/h3-7,15-16H,2,8-10H2,1H3,(H,14,17). The van der Waals surface area contributed by atoms with Gasteiger partial charge in [0.1, 0.15) is 0 Å². The maximum absolute atomic E-state index is 11.9. The molecule has 0 unspecified atom stereocenters. The maximum atomic E-state index is 11.9. The molecule has 94 valence electrons. The highest BCUT2D eigenvalue weighted by Gasteiger charge is 2.29. The van der Waals surface area contributed by atoms with Gasteiger partial charge in [0.05, 0.1) is 18.8 Å². The fraction of sp³-hybridized carbons (Fsp3) is 0.462. The van der Waals surface area contributed by atoms with E-state index in [4.69, 9.17) is 0 Å². The lowest BCUT2D eigenvalue weighted by molar-refractivity contribution is 0.0632. The van der Waals surface area contributed by atoms with E-state index >= 15 is 0 Å². The van der Waals surface area contributed by atoms with Gasteiger partial charge in [0.15, 0.2) is 0 Å². The van der Waals surface area contributed by atoms with Crippen molar-refractivity contribution in [1.29, 1.82) is 0 Å². The number of aliphatic hydroxyl groups is 2. The van der Waals surface area contributed by atoms with Crippen LogP contribution >= 0.6 is 0 Å². The smallest absolute Gasteiger partial charge is 0.251 e. The van der Waals surface area contributed by atoms with Crippen LogP contribution in [0.4, 0.5) is 0 Å². The molecule has 0 atom stereocenters. The lowest BCUT2D eigenvalue weighted by Gasteiger charge is -2.30. The van der Waals surface area contributed by atoms with Gasteiger partial charge in [0, 0.05) is 5.56 Å². The summed E-state index contributed by atoms with van der Waals surface area (Å²) in [4.78, 5) is 11.9. The van der Waals surface area contributed by atoms with Crippen molar-refractivity contribution in [3.8, 4) is 0 Å². The van der Waals surface area contributed by atoms with Crippen LogP contribution in [0.15, 0.2) is 30.3 Å². The third-order valence-corrected chi connectivity index (χ3v) is 2.75. The number of hydrogen-bond acceptors (Lipinski definition) is 3. The Balaban J connectivity index is 2.77. The Morgan fingerprint density at radius 2 is 1.82 bits per heavy atom. The van der Waals surface area contributed by atoms with Crippen LogP contribution in [0, 0.1) is 0 Å². The fourth-order valence-electron chi connectivity index (χ4n) is 1.73. The molecule has 4 nitrogen and oxygen atoms in total. The third kappa shape index (κ3) is 3.54. The molecule has 0 bridgehead atoms. The summed E-state index contributed by atoms with van der Waals surface area (Å²) in [5.74, 6) is -0.276. The Labute approximate surface area is 101 Å². The van der Waals surface area contributed by atoms with Crippen LogP contribution < -0.4 is 5.32 Å². The number of nitrogens with one attached hydrogen (secondary N) is 1. The first kappa shape index (κ1) is 13.7. The van der Waals surface area contributed by atoms with Crippen molar-refractivity contribution in [1.82, 2.24) is 5.32 Å². The molecule has 1 rings (SSSR count). The molecule has 17 heavy (non-hydrogen) atoms. The number of rotatable bonds is 6. The highest BCUT2D eigenvalue weighted by molar-refractivity contribution is 5.94. The van der Waals surface area contributed by atoms with Gasteiger partial charge < -0.3 is 15.5 Å². The maximum Gasteiger partial charge on any atom is 0.251 e. The van der Waals surface area contributed by atoms with Crippen molar-refractivity contribution in [2.45, 2.75) is 25.3 Å². The van der Waals surface area contributed by atoms with Gasteiger partial charge in [-0.15, -0.1) is 0 Å². The molecular formula is C13H19NO3. The zero-order chi connectivity index (χ0) is 12.7. The van der Waals surface area contributed by atoms with Gasteiger partial charge in [0.2, 0.25) is 0 Å². The topological polar surface area (TPSA) is 69.6 Å². The second-order valence-electron chi connectivity index (χ2n) is 4.17. The molecule has 1 aromatic rings. The molecule has 3 N–H and O–H groups in total. The molecular weight excluding hydrogens is 218 g/mol. The van der Waals surface area contributed by atoms with Crippen molar-refractivity contribution in [3.63, 3.8) is 0 Å². The van der Waals surface area contributed by atoms with Crippen molar-refractivity contribution in [2.75, 3.05) is 13.2 Å². The molecule has 0 fully saturated rings. The van der Waals surface area contributed by atoms with Crippen molar-refractivity contribution >= 4 is 5.91 Å². The van der Waals surface area contributed by atoms with Crippen LogP contribution in [0.5, 0.6) is 0 Å². The molecule has 0 aromatic heterocycles. The zero-order valence-corrected chi connectivity index (χ0v) is 10.0. The van der Waals surface area contributed by atoms with Crippen molar-refractivity contribution < 1.29 is 15.0 Å². The van der Waals surface area contributed by atoms with E-state index in [9.17, 15) is 15.0 Å². The number of carbonyl (C=O) groups excluding carboxylic acids is 1. The molecule has 1 aromatic carbocycles. The Hall–Kier alpha value is -1.39. The molecule has 1 amide bonds. The molecule has 0 aliphatic heterocycles. The van der Waals surface area contributed by atoms with Crippen LogP contribution in [0.1, 0.15) is 30.1 Å². The second kappa shape index (κ2) is 6.37. The van der Waals surface area contributed by atoms with Crippen LogP contribution in [0.3, 0.4) is 0 Å². The summed E-state index contributed by atoms with van der Waals surface area (Å²) in [7, 11) is 0. The number of aliphatic hydroxyl groups excluding tert-OH is 2. The SMILES string of the molecule is CCCC(CO)(CO)NC(=O)c1ccccc1. The van der Waals surface area contributed by atoms with E-state index in [1.807, 2.05) is 13.0 Å². The normalized spacial score (nSPS) is 11.2. The summed E-state index contributed by atoms with van der Waals surface area (Å²) in [5.41, 5.74) is -0.406. The number of amides is 1. The number of hydrogen-bond donors (Lipinski definition) is 3. The van der Waals surface area contributed by atoms with E-state index in [1.165, 1.54) is 0 Å². The lowest BCUT2D eigenvalue weighted by atomic mass is 9.95. The lowest BCUT2D eigenvalue weighted by Crippen LogP contribution is -2.54. The van der Waals surface area contributed by atoms with Gasteiger partial charge in [-0.2, -0.15) is 0 Å². The minimum atomic E-state index is -0.929. The molecule has 4 heteroatoms. The quantitative estimate of drug-likeness (QED) is 0.689. The molecule has 0 radical (unpaired) electrons. The van der Waals surface area contributed by atoms with Gasteiger partial charge >= 0.3 is 0 Å². The minimum Gasteiger partial charge on any atom is -0.394 e. The van der Waals surface area contributed by atoms with Crippen LogP contribution in [0.2, 0.25) is 0 Å². The summed E-state index contributed by atoms with van der Waals surface area (Å²) in [5, 5.41) is 21.4. The van der Waals surface area contributed by atoms with Gasteiger partial charge in [-0.05, 0) is 18.6 Å². The number of benzene rings is 1. The van der Waals surface area contributed by atoms with Crippen LogP contribution in [-0.2, 0) is 0 Å². The highest BCUT2D eigenvalue weighted by Crippen LogP contribution is 2.13. The third-order valence-electron chi connectivity index (χ3n) is 2.75. The van der Waals surface area contributed by atoms with E-state index in [0.717, 1.165) is 6.42 Å². The monoisotopic (exact) mass is 237 g/mol. The predicted octanol–water partition coefficient (Wildman–Crippen LogP) is 0.940. The molecule has 0 heterocycles. The molecule has 0 saturated heterocycles. The van der Waals surface area contributed by atoms with Gasteiger partial charge in [-0.25, -0.2) is 0 Å². The van der Waals surface area contributed by atoms with Crippen LogP contribution in [0.25, 0.3) is 0 Å². The van der Waals surface area contributed by atoms with Gasteiger partial charge in [-0.3, -0.25) is 4.79 Å². The average molecular weight is 237 g/mol. The van der Waals surface area contributed by atoms with Gasteiger partial charge in [0.25, 0.3) is 5.91 Å². The van der Waals surface area contributed by atoms with E-state index in [2.05, 4.69) is 5.32 Å². The first-order chi connectivity index (χ1) is 8.17. The summed E-state index contributed by atoms with van der Waals surface area (Å²) < 4.78 is 0. The Morgan fingerprint density at radius 1 is 1.24 bits per heavy atom. The van der Waals surface area contributed by atoms with Crippen LogP contribution in [-0.4, -0.2) is 34.9 Å². The minimum absolute atomic E-state index is 0.268. The number of carbonyl (C=O) groups is 1. The Bertz CT molecular complexity index is 347. The van der Waals surface area contributed by atoms with E-state index in [1.54, 1.807) is 24.3 Å². The summed E-state index contributed by atoms with van der Waals surface area (Å²) in [6, 6.07) is 8.76. The van der Waals surface area contributed by atoms with Gasteiger partial charge in [-0.1, -0.05) is 31.5 Å². The van der Waals surface area contributed by atoms with E-state index < -0.39 is 5.54 Å². The van der Waals surface area contributed by atoms with Crippen molar-refractivity contribution in [2.24, 2.45) is 0 Å². The Kier molecular flexibility index (Phi) is 5.12. The molecule has 0 spiro atoms. The van der Waals surface area contributed by atoms with Crippen molar-refractivity contribution in [3.05, 3.63) is 35.9 Å². The van der Waals surface area contributed by atoms with E-state index in [-0.39, 0.29) is 19.1 Å². The molecule has 0 aliphatic rings. The first-order valence-electron chi connectivity index (χ1n) is 5.77. The molecule has 0 aliphatic carbocycles. The summed E-state index contributed by atoms with van der Waals surface area (Å²) >= 11 is 0. The Morgan fingerprint density at radius 3 is 2.29 bits per heavy atom. The fourth-order valence-corrected chi connectivity index (χ4v) is 1.73. The largest absolute Gasteiger partial charge is 0.394 e. The predicted molar refractivity (Wildman–Crippen MR) is 65.7 cm³/mol. The summed E-state index contributed by atoms with van der Waals surface area (Å²) in [6.07, 6.45) is 1.31. The average Bonchev–Trinajstić information content (AvgIpc) is 2.39. The highest BCUT2D eigenvalue weighted by atomic mass is 16.3. The second-order valence-corrected chi connectivity index (χ2v) is 4.17. The molecule has 0 saturated carbocycles. The first-order valence-corrected chi connectivity index (χ1v) is 5.77. The van der Waals surface area contributed by atoms with E-state index in [0.29, 0.717) is 12.0 Å². The summed E-state index contributed by atoms with van der Waals surface area (Å²) in [6.45, 7) is 1.40.